The molecule has 1 rings (SSSR count). The molecule has 16 heavy (non-hydrogen) atoms. The number of nitrogens with one attached hydrogen (secondary N) is 1. The van der Waals surface area contributed by atoms with Gasteiger partial charge in [-0.05, 0) is 18.6 Å². The Morgan fingerprint density at radius 1 is 1.31 bits per heavy atom. The van der Waals surface area contributed by atoms with Gasteiger partial charge in [-0.2, -0.15) is 0 Å². The largest absolute Gasteiger partial charge is 0.352 e. The second-order valence-electron chi connectivity index (χ2n) is 4.47. The lowest BCUT2D eigenvalue weighted by atomic mass is 9.84. The molecule has 0 aliphatic rings. The third-order valence-corrected chi connectivity index (χ3v) is 2.58. The molecule has 0 fully saturated rings. The Labute approximate surface area is 97.4 Å². The predicted octanol–water partition coefficient (Wildman–Crippen LogP) is 2.66. The Morgan fingerprint density at radius 2 is 1.94 bits per heavy atom. The number of benzene rings is 1. The summed E-state index contributed by atoms with van der Waals surface area (Å²) in [6.07, 6.45) is 3.28. The molecular weight excluding hydrogens is 198 g/mol. The molecule has 1 N–H and O–H groups in total. The van der Waals surface area contributed by atoms with E-state index in [1.54, 1.807) is 12.2 Å². The fourth-order valence-corrected chi connectivity index (χ4v) is 1.51. The summed E-state index contributed by atoms with van der Waals surface area (Å²) in [6.45, 7) is 6.72. The average molecular weight is 217 g/mol. The van der Waals surface area contributed by atoms with Crippen molar-refractivity contribution < 1.29 is 4.79 Å². The Morgan fingerprint density at radius 3 is 2.50 bits per heavy atom. The summed E-state index contributed by atoms with van der Waals surface area (Å²) in [5.41, 5.74) is 1.19. The second kappa shape index (κ2) is 5.50. The van der Waals surface area contributed by atoms with E-state index in [1.807, 2.05) is 25.1 Å². The van der Waals surface area contributed by atoms with Crippen molar-refractivity contribution in [1.82, 2.24) is 5.32 Å². The van der Waals surface area contributed by atoms with Crippen LogP contribution in [0, 0.1) is 0 Å². The number of hydrogen-bond acceptors (Lipinski definition) is 1. The van der Waals surface area contributed by atoms with E-state index in [2.05, 4.69) is 31.3 Å². The Kier molecular flexibility index (Phi) is 4.29. The molecule has 0 heterocycles. The first-order chi connectivity index (χ1) is 7.56. The van der Waals surface area contributed by atoms with E-state index in [0.717, 1.165) is 0 Å². The molecule has 1 aromatic rings. The number of carbonyl (C=O) groups is 1. The molecule has 2 nitrogen and oxygen atoms in total. The van der Waals surface area contributed by atoms with E-state index in [4.69, 9.17) is 0 Å². The number of carbonyl (C=O) groups excluding carboxylic acids is 1. The SMILES string of the molecule is CC=CC(=O)NCC(C)(C)c1ccccc1. The molecular formula is C14H19NO. The summed E-state index contributed by atoms with van der Waals surface area (Å²) in [4.78, 5) is 11.3. The zero-order valence-electron chi connectivity index (χ0n) is 10.2. The van der Waals surface area contributed by atoms with Gasteiger partial charge < -0.3 is 5.32 Å². The predicted molar refractivity (Wildman–Crippen MR) is 67.3 cm³/mol. The Bertz CT molecular complexity index is 366. The van der Waals surface area contributed by atoms with Crippen LogP contribution >= 0.6 is 0 Å². The van der Waals surface area contributed by atoms with E-state index < -0.39 is 0 Å². The van der Waals surface area contributed by atoms with E-state index in [1.165, 1.54) is 5.56 Å². The van der Waals surface area contributed by atoms with Gasteiger partial charge in [0.2, 0.25) is 5.91 Å². The van der Waals surface area contributed by atoms with Crippen LogP contribution in [0.5, 0.6) is 0 Å². The molecule has 0 spiro atoms. The highest BCUT2D eigenvalue weighted by Crippen LogP contribution is 2.21. The first kappa shape index (κ1) is 12.5. The van der Waals surface area contributed by atoms with Crippen molar-refractivity contribution in [2.45, 2.75) is 26.2 Å². The molecule has 0 bridgehead atoms. The van der Waals surface area contributed by atoms with Crippen molar-refractivity contribution in [3.8, 4) is 0 Å². The second-order valence-corrected chi connectivity index (χ2v) is 4.47. The van der Waals surface area contributed by atoms with Gasteiger partial charge in [0.15, 0.2) is 0 Å². The summed E-state index contributed by atoms with van der Waals surface area (Å²) in [7, 11) is 0. The fourth-order valence-electron chi connectivity index (χ4n) is 1.51. The molecule has 86 valence electrons. The number of allylic oxidation sites excluding steroid dienone is 1. The minimum atomic E-state index is -0.0432. The van der Waals surface area contributed by atoms with Crippen LogP contribution in [0.1, 0.15) is 26.3 Å². The third-order valence-electron chi connectivity index (χ3n) is 2.58. The van der Waals surface area contributed by atoms with Crippen LogP contribution in [0.15, 0.2) is 42.5 Å². The van der Waals surface area contributed by atoms with Crippen LogP contribution in [-0.2, 0) is 10.2 Å². The lowest BCUT2D eigenvalue weighted by Crippen LogP contribution is -2.35. The van der Waals surface area contributed by atoms with Crippen molar-refractivity contribution in [3.63, 3.8) is 0 Å². The maximum atomic E-state index is 11.3. The number of amides is 1. The Balaban J connectivity index is 2.62. The van der Waals surface area contributed by atoms with Gasteiger partial charge in [0.1, 0.15) is 0 Å². The third kappa shape index (κ3) is 3.54. The van der Waals surface area contributed by atoms with Gasteiger partial charge in [-0.15, -0.1) is 0 Å². The maximum Gasteiger partial charge on any atom is 0.243 e. The van der Waals surface area contributed by atoms with E-state index >= 15 is 0 Å². The molecule has 1 amide bonds. The van der Waals surface area contributed by atoms with Gasteiger partial charge in [0, 0.05) is 12.0 Å². The summed E-state index contributed by atoms with van der Waals surface area (Å²) in [5, 5.41) is 2.90. The van der Waals surface area contributed by atoms with Crippen molar-refractivity contribution >= 4 is 5.91 Å². The van der Waals surface area contributed by atoms with Crippen LogP contribution in [0.4, 0.5) is 0 Å². The lowest BCUT2D eigenvalue weighted by molar-refractivity contribution is -0.116. The van der Waals surface area contributed by atoms with E-state index in [-0.39, 0.29) is 11.3 Å². The van der Waals surface area contributed by atoms with Gasteiger partial charge in [0.25, 0.3) is 0 Å². The zero-order chi connectivity index (χ0) is 12.0. The van der Waals surface area contributed by atoms with Crippen molar-refractivity contribution in [1.29, 1.82) is 0 Å². The summed E-state index contributed by atoms with van der Waals surface area (Å²) >= 11 is 0. The van der Waals surface area contributed by atoms with E-state index in [9.17, 15) is 4.79 Å². The fraction of sp³-hybridized carbons (Fsp3) is 0.357. The lowest BCUT2D eigenvalue weighted by Gasteiger charge is -2.25. The minimum absolute atomic E-state index is 0.0356. The molecule has 0 unspecified atom stereocenters. The highest BCUT2D eigenvalue weighted by Gasteiger charge is 2.20. The normalized spacial score (nSPS) is 11.7. The highest BCUT2D eigenvalue weighted by atomic mass is 16.1. The quantitative estimate of drug-likeness (QED) is 0.772. The van der Waals surface area contributed by atoms with Crippen molar-refractivity contribution in [3.05, 3.63) is 48.0 Å². The molecule has 0 radical (unpaired) electrons. The van der Waals surface area contributed by atoms with Crippen LogP contribution in [-0.4, -0.2) is 12.5 Å². The van der Waals surface area contributed by atoms with Gasteiger partial charge in [-0.3, -0.25) is 4.79 Å². The molecule has 0 aromatic heterocycles. The average Bonchev–Trinajstić information content (AvgIpc) is 2.28. The molecule has 1 aromatic carbocycles. The van der Waals surface area contributed by atoms with Crippen LogP contribution < -0.4 is 5.32 Å². The summed E-state index contributed by atoms with van der Waals surface area (Å²) < 4.78 is 0. The van der Waals surface area contributed by atoms with Gasteiger partial charge in [0.05, 0.1) is 0 Å². The van der Waals surface area contributed by atoms with Crippen molar-refractivity contribution in [2.75, 3.05) is 6.54 Å². The molecule has 0 saturated heterocycles. The zero-order valence-corrected chi connectivity index (χ0v) is 10.2. The monoisotopic (exact) mass is 217 g/mol. The van der Waals surface area contributed by atoms with E-state index in [0.29, 0.717) is 6.54 Å². The van der Waals surface area contributed by atoms with Crippen LogP contribution in [0.25, 0.3) is 0 Å². The molecule has 0 saturated carbocycles. The maximum absolute atomic E-state index is 11.3. The highest BCUT2D eigenvalue weighted by molar-refractivity contribution is 5.87. The van der Waals surface area contributed by atoms with Crippen molar-refractivity contribution in [2.24, 2.45) is 0 Å². The number of hydrogen-bond donors (Lipinski definition) is 1. The standard InChI is InChI=1S/C14H19NO/c1-4-8-13(16)15-11-14(2,3)12-9-6-5-7-10-12/h4-10H,11H2,1-3H3,(H,15,16). The van der Waals surface area contributed by atoms with Gasteiger partial charge >= 0.3 is 0 Å². The van der Waals surface area contributed by atoms with Gasteiger partial charge in [-0.1, -0.05) is 50.3 Å². The Hall–Kier alpha value is -1.57. The van der Waals surface area contributed by atoms with Crippen LogP contribution in [0.2, 0.25) is 0 Å². The topological polar surface area (TPSA) is 29.1 Å². The molecule has 2 heteroatoms. The molecule has 0 aliphatic heterocycles. The van der Waals surface area contributed by atoms with Crippen LogP contribution in [0.3, 0.4) is 0 Å². The molecule has 0 atom stereocenters. The minimum Gasteiger partial charge on any atom is -0.352 e. The summed E-state index contributed by atoms with van der Waals surface area (Å²) in [6, 6.07) is 10.2. The van der Waals surface area contributed by atoms with Gasteiger partial charge in [-0.25, -0.2) is 0 Å². The first-order valence-electron chi connectivity index (χ1n) is 5.52. The number of rotatable bonds is 4. The molecule has 0 aliphatic carbocycles. The smallest absolute Gasteiger partial charge is 0.243 e. The first-order valence-corrected chi connectivity index (χ1v) is 5.52. The summed E-state index contributed by atoms with van der Waals surface area (Å²) in [5.74, 6) is -0.0356.